The number of hydrogen-bond donors (Lipinski definition) is 0. The fourth-order valence-corrected chi connectivity index (χ4v) is 0.747. The molecule has 0 aromatic heterocycles. The zero-order valence-corrected chi connectivity index (χ0v) is 9.86. The van der Waals surface area contributed by atoms with Gasteiger partial charge in [0.15, 0.2) is 0 Å². The molecule has 56 valence electrons. The van der Waals surface area contributed by atoms with Gasteiger partial charge in [0, 0.05) is 5.75 Å². The van der Waals surface area contributed by atoms with E-state index in [0.717, 1.165) is 0 Å². The normalized spacial score (nSPS) is 7.45. The first-order valence-corrected chi connectivity index (χ1v) is 2.92. The minimum absolute atomic E-state index is 0. The standard InChI is InChI=1S/C7H6ClO.BrH.Mg/c1-9-7-5-3-2-4-6(7)8;;/h2,4-5H,1H3;1H;/q-1;;+2/p-1. The second kappa shape index (κ2) is 7.22. The van der Waals surface area contributed by atoms with Gasteiger partial charge in [0.2, 0.25) is 0 Å². The SMILES string of the molecule is COc1c[c-]ccc1Cl.[Br-].[Mg+2]. The molecule has 0 fully saturated rings. The van der Waals surface area contributed by atoms with Gasteiger partial charge in [-0.2, -0.15) is 12.1 Å². The van der Waals surface area contributed by atoms with E-state index < -0.39 is 0 Å². The second-order valence-corrected chi connectivity index (χ2v) is 1.97. The van der Waals surface area contributed by atoms with Crippen LogP contribution < -0.4 is 21.7 Å². The van der Waals surface area contributed by atoms with Crippen molar-refractivity contribution in [1.29, 1.82) is 0 Å². The molecule has 0 saturated carbocycles. The van der Waals surface area contributed by atoms with Gasteiger partial charge in [0.1, 0.15) is 0 Å². The van der Waals surface area contributed by atoms with Crippen LogP contribution in [0.2, 0.25) is 5.02 Å². The predicted octanol–water partition coefficient (Wildman–Crippen LogP) is -1.23. The van der Waals surface area contributed by atoms with Crippen molar-refractivity contribution in [3.63, 3.8) is 0 Å². The van der Waals surface area contributed by atoms with Crippen molar-refractivity contribution >= 4 is 34.7 Å². The number of hydrogen-bond acceptors (Lipinski definition) is 1. The zero-order valence-electron chi connectivity index (χ0n) is 6.10. The minimum atomic E-state index is 0. The molecule has 4 heteroatoms. The Morgan fingerprint density at radius 1 is 1.55 bits per heavy atom. The quantitative estimate of drug-likeness (QED) is 0.445. The number of ether oxygens (including phenoxy) is 1. The van der Waals surface area contributed by atoms with Crippen LogP contribution in [0, 0.1) is 6.07 Å². The van der Waals surface area contributed by atoms with Gasteiger partial charge in [-0.05, 0) is 5.02 Å². The molecule has 1 aromatic rings. The average molecular weight is 246 g/mol. The van der Waals surface area contributed by atoms with Crippen LogP contribution in [-0.4, -0.2) is 30.2 Å². The number of methoxy groups -OCH3 is 1. The first-order valence-electron chi connectivity index (χ1n) is 2.54. The summed E-state index contributed by atoms with van der Waals surface area (Å²) in [6, 6.07) is 8.02. The van der Waals surface area contributed by atoms with Gasteiger partial charge < -0.3 is 21.7 Å². The molecule has 0 N–H and O–H groups in total. The van der Waals surface area contributed by atoms with E-state index in [2.05, 4.69) is 6.07 Å². The second-order valence-electron chi connectivity index (χ2n) is 1.56. The maximum Gasteiger partial charge on any atom is 2.00 e. The van der Waals surface area contributed by atoms with E-state index in [1.54, 1.807) is 25.3 Å². The summed E-state index contributed by atoms with van der Waals surface area (Å²) < 4.78 is 4.88. The summed E-state index contributed by atoms with van der Waals surface area (Å²) in [6.45, 7) is 0. The summed E-state index contributed by atoms with van der Waals surface area (Å²) in [5.74, 6) is 0.666. The van der Waals surface area contributed by atoms with E-state index in [-0.39, 0.29) is 40.0 Å². The third-order valence-corrected chi connectivity index (χ3v) is 1.31. The molecule has 0 aliphatic rings. The first kappa shape index (κ1) is 14.1. The minimum Gasteiger partial charge on any atom is -1.00 e. The van der Waals surface area contributed by atoms with Crippen molar-refractivity contribution in [2.45, 2.75) is 0 Å². The summed E-state index contributed by atoms with van der Waals surface area (Å²) in [4.78, 5) is 0. The van der Waals surface area contributed by atoms with Gasteiger partial charge in [0.05, 0.1) is 7.11 Å². The molecule has 0 aliphatic heterocycles. The Hall–Kier alpha value is 0.556. The molecule has 0 unspecified atom stereocenters. The zero-order chi connectivity index (χ0) is 6.69. The Bertz CT molecular complexity index is 207. The monoisotopic (exact) mass is 244 g/mol. The molecule has 0 radical (unpaired) electrons. The maximum atomic E-state index is 5.68. The van der Waals surface area contributed by atoms with Gasteiger partial charge in [-0.25, -0.2) is 0 Å². The van der Waals surface area contributed by atoms with Gasteiger partial charge in [-0.1, -0.05) is 0 Å². The average Bonchev–Trinajstić information content (AvgIpc) is 1.89. The summed E-state index contributed by atoms with van der Waals surface area (Å²) in [6.07, 6.45) is 0. The van der Waals surface area contributed by atoms with Gasteiger partial charge >= 0.3 is 23.1 Å². The third-order valence-electron chi connectivity index (χ3n) is 0.996. The molecule has 0 heterocycles. The van der Waals surface area contributed by atoms with Crippen molar-refractivity contribution in [1.82, 2.24) is 0 Å². The molecule has 0 saturated heterocycles. The summed E-state index contributed by atoms with van der Waals surface area (Å²) in [5.41, 5.74) is 0. The molecular formula is C7H6BrClMgO. The van der Waals surface area contributed by atoms with Crippen LogP contribution in [0.5, 0.6) is 5.75 Å². The number of halogens is 2. The van der Waals surface area contributed by atoms with Crippen LogP contribution in [0.25, 0.3) is 0 Å². The molecule has 1 rings (SSSR count). The van der Waals surface area contributed by atoms with Crippen LogP contribution in [0.4, 0.5) is 0 Å². The number of rotatable bonds is 1. The number of benzene rings is 1. The van der Waals surface area contributed by atoms with E-state index in [1.807, 2.05) is 0 Å². The topological polar surface area (TPSA) is 9.23 Å². The van der Waals surface area contributed by atoms with E-state index in [0.29, 0.717) is 10.8 Å². The molecule has 0 aliphatic carbocycles. The fraction of sp³-hybridized carbons (Fsp3) is 0.143. The Labute approximate surface area is 98.0 Å². The van der Waals surface area contributed by atoms with E-state index in [1.165, 1.54) is 0 Å². The summed E-state index contributed by atoms with van der Waals surface area (Å²) >= 11 is 5.68. The Balaban J connectivity index is 0. The maximum absolute atomic E-state index is 5.68. The molecule has 0 amide bonds. The molecule has 0 bridgehead atoms. The van der Waals surface area contributed by atoms with Crippen LogP contribution in [-0.2, 0) is 0 Å². The molecule has 0 atom stereocenters. The van der Waals surface area contributed by atoms with Crippen molar-refractivity contribution in [2.24, 2.45) is 0 Å². The van der Waals surface area contributed by atoms with Crippen molar-refractivity contribution in [2.75, 3.05) is 7.11 Å². The third kappa shape index (κ3) is 4.21. The van der Waals surface area contributed by atoms with Gasteiger partial charge in [0.25, 0.3) is 0 Å². The van der Waals surface area contributed by atoms with Gasteiger partial charge in [-0.15, -0.1) is 23.7 Å². The Morgan fingerprint density at radius 2 is 2.18 bits per heavy atom. The molecule has 0 spiro atoms. The largest absolute Gasteiger partial charge is 2.00 e. The van der Waals surface area contributed by atoms with Gasteiger partial charge in [-0.3, -0.25) is 0 Å². The smallest absolute Gasteiger partial charge is 1.00 e. The molecule has 1 nitrogen and oxygen atoms in total. The molecular weight excluding hydrogens is 240 g/mol. The summed E-state index contributed by atoms with van der Waals surface area (Å²) in [7, 11) is 1.58. The van der Waals surface area contributed by atoms with E-state index in [4.69, 9.17) is 16.3 Å². The fourth-order valence-electron chi connectivity index (χ4n) is 0.553. The Morgan fingerprint density at radius 3 is 2.55 bits per heavy atom. The van der Waals surface area contributed by atoms with Crippen molar-refractivity contribution in [3.05, 3.63) is 29.3 Å². The first-order chi connectivity index (χ1) is 4.34. The van der Waals surface area contributed by atoms with Crippen LogP contribution in [0.3, 0.4) is 0 Å². The van der Waals surface area contributed by atoms with Crippen molar-refractivity contribution < 1.29 is 21.7 Å². The van der Waals surface area contributed by atoms with Crippen LogP contribution in [0.1, 0.15) is 0 Å². The van der Waals surface area contributed by atoms with E-state index in [9.17, 15) is 0 Å². The van der Waals surface area contributed by atoms with Crippen molar-refractivity contribution in [3.8, 4) is 5.75 Å². The Kier molecular flexibility index (Phi) is 9.25. The van der Waals surface area contributed by atoms with E-state index >= 15 is 0 Å². The van der Waals surface area contributed by atoms with Crippen LogP contribution >= 0.6 is 11.6 Å². The summed E-state index contributed by atoms with van der Waals surface area (Å²) in [5, 5.41) is 0.622. The molecule has 1 aromatic carbocycles. The molecule has 11 heavy (non-hydrogen) atoms. The predicted molar refractivity (Wildman–Crippen MR) is 42.6 cm³/mol. The van der Waals surface area contributed by atoms with Crippen LogP contribution in [0.15, 0.2) is 18.2 Å².